The maximum atomic E-state index is 11.8. The third-order valence-corrected chi connectivity index (χ3v) is 2.25. The van der Waals surface area contributed by atoms with Gasteiger partial charge in [0.25, 0.3) is 0 Å². The number of carbonyl (C=O) groups is 2. The third kappa shape index (κ3) is 4.96. The van der Waals surface area contributed by atoms with Crippen LogP contribution in [0, 0.1) is 12.3 Å². The van der Waals surface area contributed by atoms with E-state index in [9.17, 15) is 9.59 Å². The second kappa shape index (κ2) is 6.87. The maximum Gasteiger partial charge on any atom is 0.323 e. The Morgan fingerprint density at radius 1 is 1.47 bits per heavy atom. The van der Waals surface area contributed by atoms with Gasteiger partial charge in [0.1, 0.15) is 6.54 Å². The summed E-state index contributed by atoms with van der Waals surface area (Å²) in [5, 5.41) is 8.68. The van der Waals surface area contributed by atoms with Gasteiger partial charge in [-0.1, -0.05) is 18.1 Å². The van der Waals surface area contributed by atoms with E-state index in [2.05, 4.69) is 5.92 Å². The first-order valence-corrected chi connectivity index (χ1v) is 5.50. The SMILES string of the molecule is C#CCN(CC(=O)O)C(=O)/C=C/c1cccc(N)c1. The molecule has 0 saturated heterocycles. The van der Waals surface area contributed by atoms with Crippen LogP contribution in [-0.2, 0) is 9.59 Å². The van der Waals surface area contributed by atoms with Crippen LogP contribution >= 0.6 is 0 Å². The Kier molecular flexibility index (Phi) is 5.17. The normalized spacial score (nSPS) is 10.1. The van der Waals surface area contributed by atoms with Crippen molar-refractivity contribution in [2.45, 2.75) is 0 Å². The summed E-state index contributed by atoms with van der Waals surface area (Å²) >= 11 is 0. The van der Waals surface area contributed by atoms with Gasteiger partial charge in [-0.05, 0) is 23.8 Å². The number of nitrogen functional groups attached to an aromatic ring is 1. The lowest BCUT2D eigenvalue weighted by Crippen LogP contribution is -2.34. The Morgan fingerprint density at radius 3 is 2.79 bits per heavy atom. The molecule has 0 unspecified atom stereocenters. The standard InChI is InChI=1S/C14H14N2O3/c1-2-8-16(10-14(18)19)13(17)7-6-11-4-3-5-12(15)9-11/h1,3-7,9H,8,10,15H2,(H,18,19)/b7-6+. The fourth-order valence-electron chi connectivity index (χ4n) is 1.42. The molecule has 1 aromatic rings. The maximum absolute atomic E-state index is 11.8. The van der Waals surface area contributed by atoms with Crippen LogP contribution in [0.1, 0.15) is 5.56 Å². The molecule has 0 aliphatic heterocycles. The second-order valence-electron chi connectivity index (χ2n) is 3.80. The molecule has 98 valence electrons. The lowest BCUT2D eigenvalue weighted by atomic mass is 10.2. The van der Waals surface area contributed by atoms with Gasteiger partial charge in [-0.2, -0.15) is 0 Å². The quantitative estimate of drug-likeness (QED) is 0.465. The highest BCUT2D eigenvalue weighted by Crippen LogP contribution is 2.08. The largest absolute Gasteiger partial charge is 0.480 e. The van der Waals surface area contributed by atoms with Crippen LogP contribution < -0.4 is 5.73 Å². The molecule has 1 amide bonds. The average Bonchev–Trinajstić information content (AvgIpc) is 2.35. The van der Waals surface area contributed by atoms with Crippen molar-refractivity contribution in [2.24, 2.45) is 0 Å². The number of nitrogens with zero attached hydrogens (tertiary/aromatic N) is 1. The highest BCUT2D eigenvalue weighted by Gasteiger charge is 2.12. The highest BCUT2D eigenvalue weighted by molar-refractivity contribution is 5.93. The number of terminal acetylenes is 1. The Morgan fingerprint density at radius 2 is 2.21 bits per heavy atom. The lowest BCUT2D eigenvalue weighted by Gasteiger charge is -2.15. The van der Waals surface area contributed by atoms with Crippen molar-refractivity contribution >= 4 is 23.6 Å². The number of hydrogen-bond acceptors (Lipinski definition) is 3. The van der Waals surface area contributed by atoms with Gasteiger partial charge < -0.3 is 15.7 Å². The van der Waals surface area contributed by atoms with E-state index >= 15 is 0 Å². The average molecular weight is 258 g/mol. The van der Waals surface area contributed by atoms with Crippen molar-refractivity contribution < 1.29 is 14.7 Å². The number of carbonyl (C=O) groups excluding carboxylic acids is 1. The zero-order valence-corrected chi connectivity index (χ0v) is 10.2. The molecule has 5 heteroatoms. The minimum absolute atomic E-state index is 0.0492. The van der Waals surface area contributed by atoms with Gasteiger partial charge >= 0.3 is 5.97 Å². The minimum atomic E-state index is -1.11. The van der Waals surface area contributed by atoms with Crippen molar-refractivity contribution in [2.75, 3.05) is 18.8 Å². The van der Waals surface area contributed by atoms with E-state index in [4.69, 9.17) is 17.3 Å². The summed E-state index contributed by atoms with van der Waals surface area (Å²) in [5.41, 5.74) is 6.94. The summed E-state index contributed by atoms with van der Waals surface area (Å²) in [6.45, 7) is -0.475. The number of carboxylic acid groups (broad SMARTS) is 1. The van der Waals surface area contributed by atoms with E-state index in [1.54, 1.807) is 30.3 Å². The molecule has 5 nitrogen and oxygen atoms in total. The molecule has 0 saturated carbocycles. The number of carboxylic acids is 1. The third-order valence-electron chi connectivity index (χ3n) is 2.25. The van der Waals surface area contributed by atoms with Crippen molar-refractivity contribution in [1.29, 1.82) is 0 Å². The van der Waals surface area contributed by atoms with E-state index in [-0.39, 0.29) is 6.54 Å². The number of aliphatic carboxylic acids is 1. The molecule has 19 heavy (non-hydrogen) atoms. The minimum Gasteiger partial charge on any atom is -0.480 e. The zero-order valence-electron chi connectivity index (χ0n) is 10.2. The van der Waals surface area contributed by atoms with Gasteiger partial charge in [-0.3, -0.25) is 9.59 Å². The van der Waals surface area contributed by atoms with Gasteiger partial charge in [0.05, 0.1) is 6.54 Å². The first-order valence-electron chi connectivity index (χ1n) is 5.50. The van der Waals surface area contributed by atoms with Crippen molar-refractivity contribution in [3.05, 3.63) is 35.9 Å². The summed E-state index contributed by atoms with van der Waals surface area (Å²) in [6, 6.07) is 6.97. The van der Waals surface area contributed by atoms with Crippen LogP contribution in [0.4, 0.5) is 5.69 Å². The monoisotopic (exact) mass is 258 g/mol. The molecule has 0 spiro atoms. The molecule has 0 radical (unpaired) electrons. The van der Waals surface area contributed by atoms with Crippen LogP contribution in [-0.4, -0.2) is 35.0 Å². The molecule has 0 heterocycles. The van der Waals surface area contributed by atoms with Gasteiger partial charge in [-0.15, -0.1) is 6.42 Å². The molecule has 0 fully saturated rings. The molecular weight excluding hydrogens is 244 g/mol. The highest BCUT2D eigenvalue weighted by atomic mass is 16.4. The molecule has 0 aromatic heterocycles. The fourth-order valence-corrected chi connectivity index (χ4v) is 1.42. The van der Waals surface area contributed by atoms with Crippen molar-refractivity contribution in [3.8, 4) is 12.3 Å². The van der Waals surface area contributed by atoms with Crippen molar-refractivity contribution in [1.82, 2.24) is 4.90 Å². The molecule has 0 bridgehead atoms. The van der Waals surface area contributed by atoms with E-state index in [0.29, 0.717) is 5.69 Å². The first-order chi connectivity index (χ1) is 9.02. The molecule has 0 aliphatic carbocycles. The zero-order chi connectivity index (χ0) is 14.3. The number of anilines is 1. The topological polar surface area (TPSA) is 83.6 Å². The van der Waals surface area contributed by atoms with Crippen LogP contribution in [0.5, 0.6) is 0 Å². The van der Waals surface area contributed by atoms with Gasteiger partial charge in [0.15, 0.2) is 0 Å². The van der Waals surface area contributed by atoms with E-state index in [0.717, 1.165) is 10.5 Å². The smallest absolute Gasteiger partial charge is 0.323 e. The second-order valence-corrected chi connectivity index (χ2v) is 3.80. The van der Waals surface area contributed by atoms with Crippen LogP contribution in [0.3, 0.4) is 0 Å². The van der Waals surface area contributed by atoms with E-state index in [1.165, 1.54) is 6.08 Å². The molecule has 0 atom stereocenters. The summed E-state index contributed by atoms with van der Waals surface area (Å²) in [4.78, 5) is 23.4. The summed E-state index contributed by atoms with van der Waals surface area (Å²) in [6.07, 6.45) is 7.93. The molecular formula is C14H14N2O3. The fraction of sp³-hybridized carbons (Fsp3) is 0.143. The Balaban J connectivity index is 2.76. The first kappa shape index (κ1) is 14.3. The Labute approximate surface area is 111 Å². The number of hydrogen-bond donors (Lipinski definition) is 2. The van der Waals surface area contributed by atoms with Gasteiger partial charge in [-0.25, -0.2) is 0 Å². The number of benzene rings is 1. The molecule has 3 N–H and O–H groups in total. The van der Waals surface area contributed by atoms with Gasteiger partial charge in [0, 0.05) is 11.8 Å². The summed E-state index contributed by atoms with van der Waals surface area (Å²) in [7, 11) is 0. The van der Waals surface area contributed by atoms with E-state index < -0.39 is 18.4 Å². The summed E-state index contributed by atoms with van der Waals surface area (Å²) < 4.78 is 0. The molecule has 1 rings (SSSR count). The number of amides is 1. The lowest BCUT2D eigenvalue weighted by molar-refractivity contribution is -0.142. The van der Waals surface area contributed by atoms with Crippen LogP contribution in [0.2, 0.25) is 0 Å². The Bertz CT molecular complexity index is 544. The number of rotatable bonds is 5. The Hall–Kier alpha value is -2.74. The van der Waals surface area contributed by atoms with Gasteiger partial charge in [0.2, 0.25) is 5.91 Å². The summed E-state index contributed by atoms with van der Waals surface area (Å²) in [5.74, 6) is 0.683. The van der Waals surface area contributed by atoms with Crippen LogP contribution in [0.25, 0.3) is 6.08 Å². The number of nitrogens with two attached hydrogens (primary N) is 1. The predicted molar refractivity (Wildman–Crippen MR) is 72.9 cm³/mol. The van der Waals surface area contributed by atoms with E-state index in [1.807, 2.05) is 0 Å². The predicted octanol–water partition coefficient (Wildman–Crippen LogP) is 0.828. The molecule has 0 aliphatic rings. The van der Waals surface area contributed by atoms with Crippen molar-refractivity contribution in [3.63, 3.8) is 0 Å². The molecule has 1 aromatic carbocycles. The van der Waals surface area contributed by atoms with Crippen LogP contribution in [0.15, 0.2) is 30.3 Å².